The number of carbonyl (C=O) groups excluding carboxylic acids is 1. The molecule has 0 radical (unpaired) electrons. The normalized spacial score (nSPS) is 16.2. The summed E-state index contributed by atoms with van der Waals surface area (Å²) in [4.78, 5) is 14.3. The Labute approximate surface area is 167 Å². The van der Waals surface area contributed by atoms with Crippen molar-refractivity contribution in [3.05, 3.63) is 63.9 Å². The van der Waals surface area contributed by atoms with Crippen molar-refractivity contribution < 1.29 is 17.6 Å². The number of nitrogens with zero attached hydrogens (tertiary/aromatic N) is 2. The van der Waals surface area contributed by atoms with Crippen molar-refractivity contribution >= 4 is 39.1 Å². The van der Waals surface area contributed by atoms with Crippen LogP contribution in [0, 0.1) is 5.82 Å². The lowest BCUT2D eigenvalue weighted by molar-refractivity contribution is 0.0764. The first-order valence-corrected chi connectivity index (χ1v) is 10.5. The van der Waals surface area contributed by atoms with Gasteiger partial charge in [0, 0.05) is 41.8 Å². The van der Waals surface area contributed by atoms with Gasteiger partial charge >= 0.3 is 0 Å². The van der Waals surface area contributed by atoms with E-state index >= 15 is 0 Å². The first-order valence-electron chi connectivity index (χ1n) is 8.28. The molecule has 5 nitrogen and oxygen atoms in total. The second kappa shape index (κ2) is 8.14. The highest BCUT2D eigenvalue weighted by molar-refractivity contribution is 7.89. The summed E-state index contributed by atoms with van der Waals surface area (Å²) >= 11 is 11.9. The van der Waals surface area contributed by atoms with Gasteiger partial charge in [-0.15, -0.1) is 0 Å². The summed E-state index contributed by atoms with van der Waals surface area (Å²) in [6.07, 6.45) is 0.487. The van der Waals surface area contributed by atoms with E-state index in [4.69, 9.17) is 23.2 Å². The molecule has 0 N–H and O–H groups in total. The number of amides is 1. The van der Waals surface area contributed by atoms with Crippen molar-refractivity contribution in [2.45, 2.75) is 11.3 Å². The van der Waals surface area contributed by atoms with E-state index in [2.05, 4.69) is 0 Å². The molecule has 0 bridgehead atoms. The Bertz CT molecular complexity index is 931. The smallest absolute Gasteiger partial charge is 0.254 e. The number of sulfonamides is 1. The predicted octanol–water partition coefficient (Wildman–Crippen LogP) is 3.67. The molecule has 1 aliphatic rings. The van der Waals surface area contributed by atoms with Crippen LogP contribution in [-0.2, 0) is 10.0 Å². The molecule has 144 valence electrons. The van der Waals surface area contributed by atoms with E-state index in [9.17, 15) is 17.6 Å². The Balaban J connectivity index is 1.75. The van der Waals surface area contributed by atoms with Crippen LogP contribution in [0.5, 0.6) is 0 Å². The standard InChI is InChI=1S/C18H17Cl2FN2O3S/c19-14-10-13(11-15(20)12-14)18(24)22-6-1-7-23(9-8-22)27(25,26)17-4-2-16(21)3-5-17/h2-5,10-12H,1,6-9H2. The second-order valence-corrected chi connectivity index (χ2v) is 8.97. The average molecular weight is 431 g/mol. The third-order valence-electron chi connectivity index (χ3n) is 4.30. The van der Waals surface area contributed by atoms with Crippen LogP contribution in [0.2, 0.25) is 10.0 Å². The molecule has 0 aromatic heterocycles. The van der Waals surface area contributed by atoms with Gasteiger partial charge in [0.15, 0.2) is 0 Å². The highest BCUT2D eigenvalue weighted by Gasteiger charge is 2.28. The largest absolute Gasteiger partial charge is 0.337 e. The maximum Gasteiger partial charge on any atom is 0.254 e. The lowest BCUT2D eigenvalue weighted by Gasteiger charge is -2.22. The number of benzene rings is 2. The molecule has 0 aliphatic carbocycles. The zero-order valence-electron chi connectivity index (χ0n) is 14.2. The quantitative estimate of drug-likeness (QED) is 0.746. The molecule has 1 aliphatic heterocycles. The van der Waals surface area contributed by atoms with Gasteiger partial charge in [-0.05, 0) is 48.9 Å². The van der Waals surface area contributed by atoms with Crippen molar-refractivity contribution in [2.75, 3.05) is 26.2 Å². The Hall–Kier alpha value is -1.67. The molecule has 1 fully saturated rings. The first-order chi connectivity index (χ1) is 12.8. The SMILES string of the molecule is O=C(c1cc(Cl)cc(Cl)c1)N1CCCN(S(=O)(=O)c2ccc(F)cc2)CC1. The molecule has 1 heterocycles. The molecule has 3 rings (SSSR count). The van der Waals surface area contributed by atoms with Crippen LogP contribution in [0.3, 0.4) is 0 Å². The topological polar surface area (TPSA) is 57.7 Å². The summed E-state index contributed by atoms with van der Waals surface area (Å²) < 4.78 is 39.9. The lowest BCUT2D eigenvalue weighted by Crippen LogP contribution is -2.37. The fourth-order valence-electron chi connectivity index (χ4n) is 2.95. The van der Waals surface area contributed by atoms with Gasteiger partial charge in [0.05, 0.1) is 4.90 Å². The summed E-state index contributed by atoms with van der Waals surface area (Å²) in [7, 11) is -3.74. The van der Waals surface area contributed by atoms with E-state index in [0.717, 1.165) is 12.1 Å². The molecule has 2 aromatic rings. The number of carbonyl (C=O) groups is 1. The maximum absolute atomic E-state index is 13.1. The minimum atomic E-state index is -3.74. The van der Waals surface area contributed by atoms with Gasteiger partial charge in [-0.2, -0.15) is 4.31 Å². The molecule has 0 unspecified atom stereocenters. The maximum atomic E-state index is 13.1. The molecule has 1 amide bonds. The molecule has 9 heteroatoms. The lowest BCUT2D eigenvalue weighted by atomic mass is 10.2. The Morgan fingerprint density at radius 2 is 1.56 bits per heavy atom. The van der Waals surface area contributed by atoms with E-state index in [-0.39, 0.29) is 30.4 Å². The summed E-state index contributed by atoms with van der Waals surface area (Å²) in [6, 6.07) is 9.33. The van der Waals surface area contributed by atoms with Gasteiger partial charge < -0.3 is 4.90 Å². The van der Waals surface area contributed by atoms with Gasteiger partial charge in [0.25, 0.3) is 5.91 Å². The second-order valence-electron chi connectivity index (χ2n) is 6.16. The monoisotopic (exact) mass is 430 g/mol. The van der Waals surface area contributed by atoms with Gasteiger partial charge in [-0.25, -0.2) is 12.8 Å². The van der Waals surface area contributed by atoms with Gasteiger partial charge in [0.2, 0.25) is 10.0 Å². The van der Waals surface area contributed by atoms with E-state index in [1.165, 1.54) is 28.6 Å². The molecule has 1 saturated heterocycles. The minimum absolute atomic E-state index is 0.0327. The zero-order valence-corrected chi connectivity index (χ0v) is 16.6. The minimum Gasteiger partial charge on any atom is -0.337 e. The molecule has 0 saturated carbocycles. The van der Waals surface area contributed by atoms with E-state index < -0.39 is 15.8 Å². The van der Waals surface area contributed by atoms with Crippen molar-refractivity contribution in [2.24, 2.45) is 0 Å². The molecular formula is C18H17Cl2FN2O3S. The number of rotatable bonds is 3. The average Bonchev–Trinajstić information content (AvgIpc) is 2.87. The summed E-state index contributed by atoms with van der Waals surface area (Å²) in [5, 5.41) is 0.724. The number of halogens is 3. The van der Waals surface area contributed by atoms with Crippen LogP contribution in [-0.4, -0.2) is 49.7 Å². The first kappa shape index (κ1) is 20.1. The van der Waals surface area contributed by atoms with Crippen molar-refractivity contribution in [1.29, 1.82) is 0 Å². The summed E-state index contributed by atoms with van der Waals surface area (Å²) in [5.41, 5.74) is 0.363. The number of hydrogen-bond acceptors (Lipinski definition) is 3. The van der Waals surface area contributed by atoms with Crippen molar-refractivity contribution in [1.82, 2.24) is 9.21 Å². The van der Waals surface area contributed by atoms with Gasteiger partial charge in [-0.3, -0.25) is 4.79 Å². The Morgan fingerprint density at radius 3 is 2.19 bits per heavy atom. The fourth-order valence-corrected chi connectivity index (χ4v) is 4.95. The molecule has 0 atom stereocenters. The Kier molecular flexibility index (Phi) is 6.05. The van der Waals surface area contributed by atoms with E-state index in [1.807, 2.05) is 0 Å². The van der Waals surface area contributed by atoms with Crippen LogP contribution in [0.1, 0.15) is 16.8 Å². The van der Waals surface area contributed by atoms with E-state index in [0.29, 0.717) is 28.6 Å². The van der Waals surface area contributed by atoms with Crippen LogP contribution in [0.4, 0.5) is 4.39 Å². The molecule has 0 spiro atoms. The highest BCUT2D eigenvalue weighted by atomic mass is 35.5. The highest BCUT2D eigenvalue weighted by Crippen LogP contribution is 2.22. The van der Waals surface area contributed by atoms with E-state index in [1.54, 1.807) is 11.0 Å². The van der Waals surface area contributed by atoms with Crippen LogP contribution >= 0.6 is 23.2 Å². The molecule has 2 aromatic carbocycles. The molecule has 27 heavy (non-hydrogen) atoms. The molecular weight excluding hydrogens is 414 g/mol. The number of hydrogen-bond donors (Lipinski definition) is 0. The van der Waals surface area contributed by atoms with Crippen LogP contribution in [0.25, 0.3) is 0 Å². The third-order valence-corrected chi connectivity index (χ3v) is 6.65. The van der Waals surface area contributed by atoms with Crippen molar-refractivity contribution in [3.8, 4) is 0 Å². The fraction of sp³-hybridized carbons (Fsp3) is 0.278. The predicted molar refractivity (Wildman–Crippen MR) is 102 cm³/mol. The van der Waals surface area contributed by atoms with Crippen LogP contribution in [0.15, 0.2) is 47.4 Å². The van der Waals surface area contributed by atoms with Gasteiger partial charge in [0.1, 0.15) is 5.82 Å². The third kappa shape index (κ3) is 4.60. The summed E-state index contributed by atoms with van der Waals surface area (Å²) in [5.74, 6) is -0.748. The van der Waals surface area contributed by atoms with Crippen LogP contribution < -0.4 is 0 Å². The Morgan fingerprint density at radius 1 is 0.926 bits per heavy atom. The van der Waals surface area contributed by atoms with Gasteiger partial charge in [-0.1, -0.05) is 23.2 Å². The zero-order chi connectivity index (χ0) is 19.6. The summed E-state index contributed by atoms with van der Waals surface area (Å²) in [6.45, 7) is 1.08. The van der Waals surface area contributed by atoms with Crippen molar-refractivity contribution in [3.63, 3.8) is 0 Å².